The van der Waals surface area contributed by atoms with E-state index in [1.54, 1.807) is 7.11 Å². The van der Waals surface area contributed by atoms with Crippen LogP contribution in [0.5, 0.6) is 5.75 Å². The number of hydrogen-bond acceptors (Lipinski definition) is 5. The van der Waals surface area contributed by atoms with Gasteiger partial charge in [-0.2, -0.15) is 4.31 Å². The summed E-state index contributed by atoms with van der Waals surface area (Å²) in [4.78, 5) is 3.77. The van der Waals surface area contributed by atoms with E-state index in [4.69, 9.17) is 16.3 Å². The lowest BCUT2D eigenvalue weighted by atomic mass is 10.1. The highest BCUT2D eigenvalue weighted by molar-refractivity contribution is 7.91. The summed E-state index contributed by atoms with van der Waals surface area (Å²) in [6, 6.07) is 5.65. The maximum atomic E-state index is 12.4. The standard InChI is InChI=1S/C13H15ClN2O3S2/c1-9-4-5-11(19-3)10(6-9)8-16(2)21(17,18)12-7-15-13(14)20-12/h4-7H,8H2,1-3H3. The van der Waals surface area contributed by atoms with Crippen molar-refractivity contribution in [2.75, 3.05) is 14.2 Å². The number of thiazole rings is 1. The average molecular weight is 347 g/mol. The maximum Gasteiger partial charge on any atom is 0.254 e. The Kier molecular flexibility index (Phi) is 4.88. The molecule has 1 heterocycles. The van der Waals surface area contributed by atoms with Crippen LogP contribution in [0.1, 0.15) is 11.1 Å². The fourth-order valence-electron chi connectivity index (χ4n) is 1.87. The largest absolute Gasteiger partial charge is 0.496 e. The quantitative estimate of drug-likeness (QED) is 0.835. The second-order valence-corrected chi connectivity index (χ2v) is 8.39. The van der Waals surface area contributed by atoms with Gasteiger partial charge in [0.05, 0.1) is 13.3 Å². The number of sulfonamides is 1. The second-order valence-electron chi connectivity index (χ2n) is 4.51. The number of aryl methyl sites for hydroxylation is 1. The Morgan fingerprint density at radius 3 is 2.71 bits per heavy atom. The van der Waals surface area contributed by atoms with Crippen LogP contribution in [-0.2, 0) is 16.6 Å². The van der Waals surface area contributed by atoms with Gasteiger partial charge in [0.2, 0.25) is 0 Å². The van der Waals surface area contributed by atoms with E-state index in [2.05, 4.69) is 4.98 Å². The number of benzene rings is 1. The lowest BCUT2D eigenvalue weighted by Gasteiger charge is -2.18. The zero-order chi connectivity index (χ0) is 15.6. The first kappa shape index (κ1) is 16.2. The molecule has 2 aromatic rings. The van der Waals surface area contributed by atoms with Crippen LogP contribution in [0.2, 0.25) is 4.47 Å². The van der Waals surface area contributed by atoms with E-state index in [-0.39, 0.29) is 15.2 Å². The van der Waals surface area contributed by atoms with Gasteiger partial charge in [0.25, 0.3) is 10.0 Å². The SMILES string of the molecule is COc1ccc(C)cc1CN(C)S(=O)(=O)c1cnc(Cl)s1. The van der Waals surface area contributed by atoms with Crippen molar-refractivity contribution >= 4 is 33.0 Å². The van der Waals surface area contributed by atoms with Gasteiger partial charge in [-0.25, -0.2) is 13.4 Å². The average Bonchev–Trinajstić information content (AvgIpc) is 2.86. The number of nitrogens with zero attached hydrogens (tertiary/aromatic N) is 2. The van der Waals surface area contributed by atoms with E-state index in [1.165, 1.54) is 17.5 Å². The molecule has 0 fully saturated rings. The van der Waals surface area contributed by atoms with E-state index in [0.29, 0.717) is 5.75 Å². The monoisotopic (exact) mass is 346 g/mol. The molecule has 2 rings (SSSR count). The van der Waals surface area contributed by atoms with Gasteiger partial charge < -0.3 is 4.74 Å². The predicted octanol–water partition coefficient (Wildman–Crippen LogP) is 2.93. The minimum atomic E-state index is -3.60. The van der Waals surface area contributed by atoms with Crippen molar-refractivity contribution in [1.82, 2.24) is 9.29 Å². The first-order valence-electron chi connectivity index (χ1n) is 6.06. The number of hydrogen-bond donors (Lipinski definition) is 0. The number of methoxy groups -OCH3 is 1. The summed E-state index contributed by atoms with van der Waals surface area (Å²) in [7, 11) is -0.525. The summed E-state index contributed by atoms with van der Waals surface area (Å²) in [6.45, 7) is 2.16. The Morgan fingerprint density at radius 1 is 1.43 bits per heavy atom. The highest BCUT2D eigenvalue weighted by atomic mass is 35.5. The molecule has 8 heteroatoms. The Morgan fingerprint density at radius 2 is 2.14 bits per heavy atom. The molecule has 1 aromatic carbocycles. The van der Waals surface area contributed by atoms with Gasteiger partial charge in [-0.1, -0.05) is 40.6 Å². The molecule has 0 saturated heterocycles. The van der Waals surface area contributed by atoms with Crippen LogP contribution >= 0.6 is 22.9 Å². The number of aromatic nitrogens is 1. The first-order chi connectivity index (χ1) is 9.84. The first-order valence-corrected chi connectivity index (χ1v) is 8.69. The molecular formula is C13H15ClN2O3S2. The molecule has 114 valence electrons. The number of ether oxygens (including phenoxy) is 1. The van der Waals surface area contributed by atoms with Crippen molar-refractivity contribution in [1.29, 1.82) is 0 Å². The van der Waals surface area contributed by atoms with Gasteiger partial charge in [0, 0.05) is 19.2 Å². The van der Waals surface area contributed by atoms with Crippen molar-refractivity contribution in [3.63, 3.8) is 0 Å². The molecule has 0 aliphatic heterocycles. The van der Waals surface area contributed by atoms with Crippen molar-refractivity contribution in [2.45, 2.75) is 17.7 Å². The molecule has 5 nitrogen and oxygen atoms in total. The molecule has 21 heavy (non-hydrogen) atoms. The third-order valence-electron chi connectivity index (χ3n) is 2.95. The minimum absolute atomic E-state index is 0.126. The molecule has 0 N–H and O–H groups in total. The van der Waals surface area contributed by atoms with Crippen LogP contribution in [0.25, 0.3) is 0 Å². The van der Waals surface area contributed by atoms with Gasteiger partial charge in [-0.3, -0.25) is 0 Å². The Labute approximate surface area is 133 Å². The third kappa shape index (κ3) is 3.55. The highest BCUT2D eigenvalue weighted by Crippen LogP contribution is 2.27. The Bertz CT molecular complexity index is 744. The van der Waals surface area contributed by atoms with Crippen LogP contribution in [-0.4, -0.2) is 31.9 Å². The Hall–Kier alpha value is -1.15. The molecule has 0 atom stereocenters. The fraction of sp³-hybridized carbons (Fsp3) is 0.308. The molecule has 0 saturated carbocycles. The summed E-state index contributed by atoms with van der Waals surface area (Å²) in [5.74, 6) is 0.657. The topological polar surface area (TPSA) is 59.5 Å². The van der Waals surface area contributed by atoms with E-state index in [1.807, 2.05) is 25.1 Å². The summed E-state index contributed by atoms with van der Waals surface area (Å²) < 4.78 is 31.7. The molecule has 0 radical (unpaired) electrons. The normalized spacial score (nSPS) is 11.9. The van der Waals surface area contributed by atoms with Gasteiger partial charge in [0.15, 0.2) is 8.68 Å². The smallest absolute Gasteiger partial charge is 0.254 e. The second kappa shape index (κ2) is 6.31. The summed E-state index contributed by atoms with van der Waals surface area (Å²) >= 11 is 6.64. The van der Waals surface area contributed by atoms with Crippen molar-refractivity contribution in [3.05, 3.63) is 40.0 Å². The summed E-state index contributed by atoms with van der Waals surface area (Å²) in [5, 5.41) is 0. The molecule has 0 amide bonds. The lowest BCUT2D eigenvalue weighted by molar-refractivity contribution is 0.398. The van der Waals surface area contributed by atoms with Crippen LogP contribution in [0, 0.1) is 6.92 Å². The van der Waals surface area contributed by atoms with E-state index in [9.17, 15) is 8.42 Å². The van der Waals surface area contributed by atoms with Crippen LogP contribution < -0.4 is 4.74 Å². The molecule has 0 spiro atoms. The molecule has 0 unspecified atom stereocenters. The van der Waals surface area contributed by atoms with E-state index >= 15 is 0 Å². The van der Waals surface area contributed by atoms with Crippen molar-refractivity contribution in [3.8, 4) is 5.75 Å². The highest BCUT2D eigenvalue weighted by Gasteiger charge is 2.24. The number of halogens is 1. The summed E-state index contributed by atoms with van der Waals surface area (Å²) in [5.41, 5.74) is 1.84. The molecule has 0 aliphatic carbocycles. The van der Waals surface area contributed by atoms with Crippen molar-refractivity contribution in [2.24, 2.45) is 0 Å². The third-order valence-corrected chi connectivity index (χ3v) is 6.30. The maximum absolute atomic E-state index is 12.4. The molecule has 1 aromatic heterocycles. The van der Waals surface area contributed by atoms with Gasteiger partial charge in [-0.05, 0) is 13.0 Å². The lowest BCUT2D eigenvalue weighted by Crippen LogP contribution is -2.26. The fourth-order valence-corrected chi connectivity index (χ4v) is 4.52. The van der Waals surface area contributed by atoms with Crippen LogP contribution in [0.4, 0.5) is 0 Å². The Balaban J connectivity index is 2.29. The van der Waals surface area contributed by atoms with Gasteiger partial charge in [0.1, 0.15) is 5.75 Å². The summed E-state index contributed by atoms with van der Waals surface area (Å²) in [6.07, 6.45) is 1.27. The van der Waals surface area contributed by atoms with Gasteiger partial charge in [-0.15, -0.1) is 0 Å². The van der Waals surface area contributed by atoms with Crippen LogP contribution in [0.15, 0.2) is 28.6 Å². The molecule has 0 aliphatic rings. The van der Waals surface area contributed by atoms with Crippen molar-refractivity contribution < 1.29 is 13.2 Å². The minimum Gasteiger partial charge on any atom is -0.496 e. The van der Waals surface area contributed by atoms with E-state index in [0.717, 1.165) is 22.5 Å². The molecular weight excluding hydrogens is 332 g/mol. The zero-order valence-electron chi connectivity index (χ0n) is 11.8. The van der Waals surface area contributed by atoms with E-state index < -0.39 is 10.0 Å². The zero-order valence-corrected chi connectivity index (χ0v) is 14.2. The van der Waals surface area contributed by atoms with Gasteiger partial charge >= 0.3 is 0 Å². The van der Waals surface area contributed by atoms with Crippen LogP contribution in [0.3, 0.4) is 0 Å². The number of rotatable bonds is 5. The predicted molar refractivity (Wildman–Crippen MR) is 83.5 cm³/mol. The molecule has 0 bridgehead atoms.